The maximum Gasteiger partial charge on any atom is 0.276 e. The molecule has 0 saturated heterocycles. The molecule has 0 spiro atoms. The first-order valence-electron chi connectivity index (χ1n) is 7.51. The van der Waals surface area contributed by atoms with Crippen LogP contribution in [0.5, 0.6) is 0 Å². The molecule has 1 aromatic carbocycles. The lowest BCUT2D eigenvalue weighted by Crippen LogP contribution is -2.28. The van der Waals surface area contributed by atoms with Crippen molar-refractivity contribution >= 4 is 17.2 Å². The average molecular weight is 293 g/mol. The smallest absolute Gasteiger partial charge is 0.276 e. The van der Waals surface area contributed by atoms with Gasteiger partial charge in [0.2, 0.25) is 0 Å². The Morgan fingerprint density at radius 2 is 1.86 bits per heavy atom. The summed E-state index contributed by atoms with van der Waals surface area (Å²) in [5.74, 6) is -0.0339. The molecule has 0 unspecified atom stereocenters. The molecule has 2 heterocycles. The van der Waals surface area contributed by atoms with Gasteiger partial charge >= 0.3 is 0 Å². The number of hydrogen-bond donors (Lipinski definition) is 0. The summed E-state index contributed by atoms with van der Waals surface area (Å²) in [6.07, 6.45) is 3.65. The van der Waals surface area contributed by atoms with Crippen LogP contribution in [0.3, 0.4) is 0 Å². The quantitative estimate of drug-likeness (QED) is 0.737. The Bertz CT molecular complexity index is 792. The van der Waals surface area contributed by atoms with Crippen molar-refractivity contribution in [1.29, 1.82) is 0 Å². The molecule has 112 valence electrons. The first kappa shape index (κ1) is 14.3. The minimum absolute atomic E-state index is 0.0339. The highest BCUT2D eigenvalue weighted by atomic mass is 16.2. The molecular weight excluding hydrogens is 274 g/mol. The molecule has 0 radical (unpaired) electrons. The molecule has 3 aromatic rings. The average Bonchev–Trinajstić information content (AvgIpc) is 2.92. The summed E-state index contributed by atoms with van der Waals surface area (Å²) in [6, 6.07) is 15.5. The zero-order valence-corrected chi connectivity index (χ0v) is 12.9. The van der Waals surface area contributed by atoms with Crippen molar-refractivity contribution in [3.63, 3.8) is 0 Å². The Morgan fingerprint density at radius 3 is 2.59 bits per heavy atom. The summed E-state index contributed by atoms with van der Waals surface area (Å²) in [5, 5.41) is 0. The molecule has 0 aliphatic rings. The predicted octanol–water partition coefficient (Wildman–Crippen LogP) is 3.56. The summed E-state index contributed by atoms with van der Waals surface area (Å²) < 4.78 is 1.88. The summed E-state index contributed by atoms with van der Waals surface area (Å²) in [7, 11) is 1.80. The van der Waals surface area contributed by atoms with Crippen LogP contribution in [0.4, 0.5) is 5.69 Å². The Labute approximate surface area is 130 Å². The standard InChI is InChI=1S/C18H19N3O/c1-3-9-15-17(21-13-8-7-12-16(21)19-15)18(22)20(2)14-10-5-4-6-11-14/h4-8,10-13H,3,9H2,1-2H3. The zero-order valence-electron chi connectivity index (χ0n) is 12.9. The van der Waals surface area contributed by atoms with Gasteiger partial charge in [-0.1, -0.05) is 37.6 Å². The molecule has 0 atom stereocenters. The third kappa shape index (κ3) is 2.48. The summed E-state index contributed by atoms with van der Waals surface area (Å²) in [6.45, 7) is 2.10. The number of pyridine rings is 1. The molecule has 0 saturated carbocycles. The van der Waals surface area contributed by atoms with Crippen molar-refractivity contribution in [3.8, 4) is 0 Å². The van der Waals surface area contributed by atoms with E-state index >= 15 is 0 Å². The van der Waals surface area contributed by atoms with E-state index in [0.29, 0.717) is 5.69 Å². The number of rotatable bonds is 4. The van der Waals surface area contributed by atoms with Crippen LogP contribution >= 0.6 is 0 Å². The Morgan fingerprint density at radius 1 is 1.14 bits per heavy atom. The van der Waals surface area contributed by atoms with E-state index in [2.05, 4.69) is 11.9 Å². The van der Waals surface area contributed by atoms with Crippen LogP contribution in [-0.2, 0) is 6.42 Å². The van der Waals surface area contributed by atoms with Crippen molar-refractivity contribution in [1.82, 2.24) is 9.38 Å². The van der Waals surface area contributed by atoms with E-state index in [9.17, 15) is 4.79 Å². The highest BCUT2D eigenvalue weighted by molar-refractivity contribution is 6.05. The molecule has 3 rings (SSSR count). The third-order valence-corrected chi connectivity index (χ3v) is 3.74. The van der Waals surface area contributed by atoms with Gasteiger partial charge < -0.3 is 4.90 Å². The van der Waals surface area contributed by atoms with Crippen LogP contribution in [0.1, 0.15) is 29.5 Å². The minimum atomic E-state index is -0.0339. The first-order chi connectivity index (χ1) is 10.7. The largest absolute Gasteiger partial charge is 0.310 e. The van der Waals surface area contributed by atoms with E-state index in [1.54, 1.807) is 11.9 Å². The number of aryl methyl sites for hydroxylation is 1. The second-order valence-corrected chi connectivity index (χ2v) is 5.29. The normalized spacial score (nSPS) is 10.8. The van der Waals surface area contributed by atoms with E-state index in [-0.39, 0.29) is 5.91 Å². The van der Waals surface area contributed by atoms with Crippen LogP contribution in [0.2, 0.25) is 0 Å². The summed E-state index contributed by atoms with van der Waals surface area (Å²) in [5.41, 5.74) is 3.21. The summed E-state index contributed by atoms with van der Waals surface area (Å²) >= 11 is 0. The van der Waals surface area contributed by atoms with Gasteiger partial charge in [-0.25, -0.2) is 4.98 Å². The number of amides is 1. The van der Waals surface area contributed by atoms with E-state index in [0.717, 1.165) is 29.9 Å². The van der Waals surface area contributed by atoms with E-state index in [4.69, 9.17) is 0 Å². The monoisotopic (exact) mass is 293 g/mol. The lowest BCUT2D eigenvalue weighted by molar-refractivity contribution is 0.0986. The maximum atomic E-state index is 13.0. The Balaban J connectivity index is 2.08. The fourth-order valence-electron chi connectivity index (χ4n) is 2.61. The van der Waals surface area contributed by atoms with Gasteiger partial charge in [0.15, 0.2) is 0 Å². The molecule has 2 aromatic heterocycles. The second kappa shape index (κ2) is 6.02. The number of para-hydroxylation sites is 1. The van der Waals surface area contributed by atoms with Gasteiger partial charge in [0.1, 0.15) is 11.3 Å². The number of carbonyl (C=O) groups excluding carboxylic acids is 1. The maximum absolute atomic E-state index is 13.0. The number of anilines is 1. The van der Waals surface area contributed by atoms with Gasteiger partial charge in [0, 0.05) is 18.9 Å². The molecule has 0 fully saturated rings. The summed E-state index contributed by atoms with van der Waals surface area (Å²) in [4.78, 5) is 19.3. The first-order valence-corrected chi connectivity index (χ1v) is 7.51. The molecule has 1 amide bonds. The van der Waals surface area contributed by atoms with Crippen LogP contribution in [0.15, 0.2) is 54.7 Å². The van der Waals surface area contributed by atoms with Crippen molar-refractivity contribution < 1.29 is 4.79 Å². The van der Waals surface area contributed by atoms with Crippen molar-refractivity contribution in [3.05, 3.63) is 66.1 Å². The number of imidazole rings is 1. The third-order valence-electron chi connectivity index (χ3n) is 3.74. The van der Waals surface area contributed by atoms with E-state index in [1.165, 1.54) is 0 Å². The molecule has 0 bridgehead atoms. The highest BCUT2D eigenvalue weighted by Crippen LogP contribution is 2.20. The molecule has 0 aliphatic heterocycles. The SMILES string of the molecule is CCCc1nc2ccccn2c1C(=O)N(C)c1ccccc1. The lowest BCUT2D eigenvalue weighted by Gasteiger charge is -2.17. The number of fused-ring (bicyclic) bond motifs is 1. The van der Waals surface area contributed by atoms with Gasteiger partial charge in [-0.05, 0) is 30.7 Å². The zero-order chi connectivity index (χ0) is 15.5. The number of carbonyl (C=O) groups is 1. The number of hydrogen-bond acceptors (Lipinski definition) is 2. The van der Waals surface area contributed by atoms with Gasteiger partial charge in [0.05, 0.1) is 5.69 Å². The van der Waals surface area contributed by atoms with E-state index in [1.807, 2.05) is 59.1 Å². The van der Waals surface area contributed by atoms with Crippen molar-refractivity contribution in [2.75, 3.05) is 11.9 Å². The molecule has 22 heavy (non-hydrogen) atoms. The molecular formula is C18H19N3O. The topological polar surface area (TPSA) is 37.6 Å². The fraction of sp³-hybridized carbons (Fsp3) is 0.222. The lowest BCUT2D eigenvalue weighted by atomic mass is 10.2. The minimum Gasteiger partial charge on any atom is -0.310 e. The van der Waals surface area contributed by atoms with Gasteiger partial charge in [-0.3, -0.25) is 9.20 Å². The van der Waals surface area contributed by atoms with Crippen molar-refractivity contribution in [2.45, 2.75) is 19.8 Å². The molecule has 4 nitrogen and oxygen atoms in total. The molecule has 0 aliphatic carbocycles. The number of benzene rings is 1. The highest BCUT2D eigenvalue weighted by Gasteiger charge is 2.22. The van der Waals surface area contributed by atoms with Crippen LogP contribution in [0, 0.1) is 0 Å². The molecule has 0 N–H and O–H groups in total. The van der Waals surface area contributed by atoms with Crippen molar-refractivity contribution in [2.24, 2.45) is 0 Å². The number of aromatic nitrogens is 2. The predicted molar refractivity (Wildman–Crippen MR) is 88.4 cm³/mol. The van der Waals surface area contributed by atoms with Crippen LogP contribution < -0.4 is 4.90 Å². The fourth-order valence-corrected chi connectivity index (χ4v) is 2.61. The second-order valence-electron chi connectivity index (χ2n) is 5.29. The van der Waals surface area contributed by atoms with Gasteiger partial charge in [0.25, 0.3) is 5.91 Å². The van der Waals surface area contributed by atoms with Gasteiger partial charge in [-0.15, -0.1) is 0 Å². The Kier molecular flexibility index (Phi) is 3.92. The number of nitrogens with zero attached hydrogens (tertiary/aromatic N) is 3. The van der Waals surface area contributed by atoms with E-state index < -0.39 is 0 Å². The molecule has 4 heteroatoms. The van der Waals surface area contributed by atoms with Crippen LogP contribution in [0.25, 0.3) is 5.65 Å². The van der Waals surface area contributed by atoms with Crippen LogP contribution in [-0.4, -0.2) is 22.3 Å². The van der Waals surface area contributed by atoms with Gasteiger partial charge in [-0.2, -0.15) is 0 Å². The Hall–Kier alpha value is -2.62.